The third-order valence-electron chi connectivity index (χ3n) is 5.38. The molecule has 27 heavy (non-hydrogen) atoms. The molecule has 0 radical (unpaired) electrons. The van der Waals surface area contributed by atoms with Gasteiger partial charge >= 0.3 is 0 Å². The lowest BCUT2D eigenvalue weighted by Crippen LogP contribution is -2.42. The van der Waals surface area contributed by atoms with Crippen molar-refractivity contribution >= 4 is 36.6 Å². The minimum Gasteiger partial charge on any atom is -0.379 e. The summed E-state index contributed by atoms with van der Waals surface area (Å²) < 4.78 is 5.34. The Morgan fingerprint density at radius 1 is 1.26 bits per heavy atom. The summed E-state index contributed by atoms with van der Waals surface area (Å²) in [6.07, 6.45) is 1.13. The zero-order valence-corrected chi connectivity index (χ0v) is 18.4. The van der Waals surface area contributed by atoms with E-state index in [-0.39, 0.29) is 48.6 Å². The predicted octanol–water partition coefficient (Wildman–Crippen LogP) is 0.843. The summed E-state index contributed by atoms with van der Waals surface area (Å²) in [4.78, 5) is 30.7. The summed E-state index contributed by atoms with van der Waals surface area (Å²) in [6, 6.07) is 0.102. The highest BCUT2D eigenvalue weighted by Crippen LogP contribution is 2.20. The number of nitrogens with two attached hydrogens (primary N) is 1. The highest BCUT2D eigenvalue weighted by molar-refractivity contribution is 5.89. The summed E-state index contributed by atoms with van der Waals surface area (Å²) in [5.74, 6) is 0.363. The number of carbonyl (C=O) groups excluding carboxylic acids is 2. The largest absolute Gasteiger partial charge is 0.379 e. The van der Waals surface area contributed by atoms with Crippen molar-refractivity contribution in [2.45, 2.75) is 32.7 Å². The van der Waals surface area contributed by atoms with Gasteiger partial charge < -0.3 is 20.3 Å². The first-order valence-electron chi connectivity index (χ1n) is 9.47. The number of likely N-dealkylation sites (tertiary alicyclic amines) is 1. The molecule has 160 valence electrons. The van der Waals surface area contributed by atoms with Crippen LogP contribution in [0.4, 0.5) is 0 Å². The molecule has 9 heteroatoms. The fourth-order valence-corrected chi connectivity index (χ4v) is 3.34. The Morgan fingerprint density at radius 3 is 2.48 bits per heavy atom. The van der Waals surface area contributed by atoms with Crippen LogP contribution in [-0.2, 0) is 14.3 Å². The van der Waals surface area contributed by atoms with Crippen LogP contribution in [0.3, 0.4) is 0 Å². The molecule has 0 saturated carbocycles. The summed E-state index contributed by atoms with van der Waals surface area (Å²) >= 11 is 0. The molecule has 2 N–H and O–H groups in total. The highest BCUT2D eigenvalue weighted by Gasteiger charge is 2.35. The van der Waals surface area contributed by atoms with E-state index in [2.05, 4.69) is 18.7 Å². The molecule has 0 aromatic carbocycles. The molecule has 2 atom stereocenters. The maximum absolute atomic E-state index is 12.6. The molecule has 7 nitrogen and oxygen atoms in total. The maximum atomic E-state index is 12.6. The van der Waals surface area contributed by atoms with Crippen LogP contribution in [0.15, 0.2) is 0 Å². The number of rotatable bonds is 8. The van der Waals surface area contributed by atoms with Crippen LogP contribution < -0.4 is 5.73 Å². The lowest BCUT2D eigenvalue weighted by Gasteiger charge is -2.28. The number of amides is 2. The standard InChI is InChI=1S/C18H34N4O3.2ClH/c1-14(2)16(19)4-5-20(3)18(24)15-12-17(23)22(13-15)7-6-21-8-10-25-11-9-21;;/h14-16H,4-13,19H2,1-3H3;2*1H. The molecule has 0 bridgehead atoms. The van der Waals surface area contributed by atoms with Crippen LogP contribution in [0, 0.1) is 11.8 Å². The Balaban J connectivity index is 0.00000338. The third-order valence-corrected chi connectivity index (χ3v) is 5.38. The van der Waals surface area contributed by atoms with Crippen LogP contribution in [0.1, 0.15) is 26.7 Å². The van der Waals surface area contributed by atoms with E-state index in [1.54, 1.807) is 4.90 Å². The monoisotopic (exact) mass is 426 g/mol. The number of hydrogen-bond donors (Lipinski definition) is 1. The number of carbonyl (C=O) groups is 2. The Bertz CT molecular complexity index is 462. The van der Waals surface area contributed by atoms with Crippen molar-refractivity contribution in [3.8, 4) is 0 Å². The van der Waals surface area contributed by atoms with Gasteiger partial charge in [-0.2, -0.15) is 0 Å². The Hall–Kier alpha value is -0.600. The van der Waals surface area contributed by atoms with E-state index in [9.17, 15) is 9.59 Å². The number of morpholine rings is 1. The molecular formula is C18H36Cl2N4O3. The van der Waals surface area contributed by atoms with Gasteiger partial charge in [-0.25, -0.2) is 0 Å². The van der Waals surface area contributed by atoms with Crippen LogP contribution in [0.5, 0.6) is 0 Å². The van der Waals surface area contributed by atoms with E-state index in [1.807, 2.05) is 11.9 Å². The molecule has 2 aliphatic heterocycles. The fraction of sp³-hybridized carbons (Fsp3) is 0.889. The molecule has 0 aliphatic carbocycles. The summed E-state index contributed by atoms with van der Waals surface area (Å²) in [7, 11) is 1.82. The summed E-state index contributed by atoms with van der Waals surface area (Å²) in [5, 5.41) is 0. The second-order valence-corrected chi connectivity index (χ2v) is 7.65. The van der Waals surface area contributed by atoms with Gasteiger partial charge in [-0.05, 0) is 12.3 Å². The minimum atomic E-state index is -0.211. The molecular weight excluding hydrogens is 391 g/mol. The van der Waals surface area contributed by atoms with E-state index in [0.717, 1.165) is 39.3 Å². The fourth-order valence-electron chi connectivity index (χ4n) is 3.34. The maximum Gasteiger partial charge on any atom is 0.227 e. The molecule has 2 heterocycles. The van der Waals surface area contributed by atoms with Gasteiger partial charge in [0.05, 0.1) is 19.1 Å². The number of hydrogen-bond acceptors (Lipinski definition) is 5. The highest BCUT2D eigenvalue weighted by atomic mass is 35.5. The lowest BCUT2D eigenvalue weighted by molar-refractivity contribution is -0.134. The molecule has 0 aromatic rings. The van der Waals surface area contributed by atoms with E-state index in [0.29, 0.717) is 32.0 Å². The Morgan fingerprint density at radius 2 is 1.89 bits per heavy atom. The molecule has 2 aliphatic rings. The van der Waals surface area contributed by atoms with Gasteiger partial charge in [-0.3, -0.25) is 14.5 Å². The molecule has 2 unspecified atom stereocenters. The van der Waals surface area contributed by atoms with Crippen LogP contribution >= 0.6 is 24.8 Å². The summed E-state index contributed by atoms with van der Waals surface area (Å²) in [5.41, 5.74) is 6.06. The van der Waals surface area contributed by atoms with Gasteiger partial charge in [0, 0.05) is 58.8 Å². The number of halogens is 2. The molecule has 2 fully saturated rings. The molecule has 0 aromatic heterocycles. The van der Waals surface area contributed by atoms with Gasteiger partial charge in [-0.15, -0.1) is 24.8 Å². The Kier molecular flexibility index (Phi) is 12.5. The molecule has 0 spiro atoms. The van der Waals surface area contributed by atoms with Crippen molar-refractivity contribution in [3.63, 3.8) is 0 Å². The predicted molar refractivity (Wildman–Crippen MR) is 112 cm³/mol. The van der Waals surface area contributed by atoms with E-state index < -0.39 is 0 Å². The van der Waals surface area contributed by atoms with Gasteiger partial charge in [0.1, 0.15) is 0 Å². The van der Waals surface area contributed by atoms with Crippen molar-refractivity contribution in [2.75, 3.05) is 59.5 Å². The molecule has 2 amide bonds. The van der Waals surface area contributed by atoms with Crippen molar-refractivity contribution in [1.82, 2.24) is 14.7 Å². The topological polar surface area (TPSA) is 79.1 Å². The normalized spacial score (nSPS) is 21.6. The van der Waals surface area contributed by atoms with Crippen LogP contribution in [0.25, 0.3) is 0 Å². The van der Waals surface area contributed by atoms with E-state index in [1.165, 1.54) is 0 Å². The average molecular weight is 427 g/mol. The van der Waals surface area contributed by atoms with Crippen LogP contribution in [0.2, 0.25) is 0 Å². The second kappa shape index (κ2) is 12.8. The van der Waals surface area contributed by atoms with E-state index in [4.69, 9.17) is 10.5 Å². The molecule has 2 rings (SSSR count). The second-order valence-electron chi connectivity index (χ2n) is 7.65. The van der Waals surface area contributed by atoms with Gasteiger partial charge in [0.15, 0.2) is 0 Å². The van der Waals surface area contributed by atoms with Gasteiger partial charge in [-0.1, -0.05) is 13.8 Å². The number of nitrogens with zero attached hydrogens (tertiary/aromatic N) is 3. The van der Waals surface area contributed by atoms with E-state index >= 15 is 0 Å². The quantitative estimate of drug-likeness (QED) is 0.621. The number of ether oxygens (including phenoxy) is 1. The average Bonchev–Trinajstić information content (AvgIpc) is 2.98. The van der Waals surface area contributed by atoms with Gasteiger partial charge in [0.25, 0.3) is 0 Å². The third kappa shape index (κ3) is 8.11. The van der Waals surface area contributed by atoms with Crippen LogP contribution in [-0.4, -0.2) is 92.1 Å². The zero-order valence-electron chi connectivity index (χ0n) is 16.8. The van der Waals surface area contributed by atoms with Crippen molar-refractivity contribution in [1.29, 1.82) is 0 Å². The smallest absolute Gasteiger partial charge is 0.227 e. The van der Waals surface area contributed by atoms with Gasteiger partial charge in [0.2, 0.25) is 11.8 Å². The molecule has 2 saturated heterocycles. The van der Waals surface area contributed by atoms with Crippen molar-refractivity contribution < 1.29 is 14.3 Å². The first kappa shape index (κ1) is 26.4. The minimum absolute atomic E-state index is 0. The Labute approximate surface area is 175 Å². The first-order chi connectivity index (χ1) is 11.9. The van der Waals surface area contributed by atoms with Crippen molar-refractivity contribution in [3.05, 3.63) is 0 Å². The summed E-state index contributed by atoms with van der Waals surface area (Å²) in [6.45, 7) is 10.3. The SMILES string of the molecule is CC(C)C(N)CCN(C)C(=O)C1CC(=O)N(CCN2CCOCC2)C1.Cl.Cl. The zero-order chi connectivity index (χ0) is 18.4. The van der Waals surface area contributed by atoms with Crippen molar-refractivity contribution in [2.24, 2.45) is 17.6 Å². The first-order valence-corrected chi connectivity index (χ1v) is 9.47. The lowest BCUT2D eigenvalue weighted by atomic mass is 10.0.